The fourth-order valence-corrected chi connectivity index (χ4v) is 4.21. The molecule has 0 bridgehead atoms. The van der Waals surface area contributed by atoms with Crippen molar-refractivity contribution in [1.82, 2.24) is 0 Å². The fraction of sp³-hybridized carbons (Fsp3) is 0.568. The van der Waals surface area contributed by atoms with Gasteiger partial charge in [0.25, 0.3) is 0 Å². The number of hydrogen-bond donors (Lipinski definition) is 3. The smallest absolute Gasteiger partial charge is 0.220 e. The number of carbonyl (C=O) groups is 1. The average Bonchev–Trinajstić information content (AvgIpc) is 3.78. The van der Waals surface area contributed by atoms with E-state index in [0.29, 0.717) is 5.41 Å². The summed E-state index contributed by atoms with van der Waals surface area (Å²) in [4.78, 5) is 10.7. The number of nitrogens with two attached hydrogens (primary N) is 2. The lowest BCUT2D eigenvalue weighted by molar-refractivity contribution is -0.124. The molecular weight excluding hydrogens is 588 g/mol. The summed E-state index contributed by atoms with van der Waals surface area (Å²) in [6, 6.07) is 17.5. The maximum Gasteiger partial charge on any atom is 0.220 e. The minimum absolute atomic E-state index is 0.0174. The van der Waals surface area contributed by atoms with Crippen LogP contribution < -0.4 is 11.5 Å². The Balaban J connectivity index is -0.000000243. The Bertz CT molecular complexity index is 1030. The number of carbonyl (C=O) groups excluding carboxylic acids is 1. The predicted octanol–water partition coefficient (Wildman–Crippen LogP) is 10.9. The van der Waals surface area contributed by atoms with Crippen LogP contribution in [0.15, 0.2) is 74.5 Å². The zero-order valence-corrected chi connectivity index (χ0v) is 33.3. The Hall–Kier alpha value is -3.29. The van der Waals surface area contributed by atoms with Crippen molar-refractivity contribution in [3.63, 3.8) is 0 Å². The normalized spacial score (nSPS) is 12.0. The van der Waals surface area contributed by atoms with Gasteiger partial charge in [-0.25, -0.2) is 0 Å². The van der Waals surface area contributed by atoms with Gasteiger partial charge in [0, 0.05) is 5.92 Å². The van der Waals surface area contributed by atoms with Gasteiger partial charge < -0.3 is 16.6 Å². The van der Waals surface area contributed by atoms with Crippen LogP contribution in [0.4, 0.5) is 0 Å². The summed E-state index contributed by atoms with van der Waals surface area (Å²) in [6.45, 7) is 34.3. The summed E-state index contributed by atoms with van der Waals surface area (Å²) in [5.74, 6) is 5.51. The molecule has 2 aliphatic rings. The van der Waals surface area contributed by atoms with Crippen molar-refractivity contribution in [3.05, 3.63) is 96.7 Å². The molecule has 0 radical (unpaired) electrons. The molecule has 274 valence electrons. The number of hydrogen-bond acceptors (Lipinski definition) is 3. The Morgan fingerprint density at radius 3 is 1.23 bits per heavy atom. The first kappa shape index (κ1) is 51.5. The Morgan fingerprint density at radius 2 is 1.10 bits per heavy atom. The minimum Gasteiger partial charge on any atom is -0.405 e. The average molecular weight is 665 g/mol. The van der Waals surface area contributed by atoms with Crippen molar-refractivity contribution >= 4 is 5.91 Å². The van der Waals surface area contributed by atoms with E-state index in [2.05, 4.69) is 141 Å². The van der Waals surface area contributed by atoms with Gasteiger partial charge in [0.2, 0.25) is 5.91 Å². The maximum atomic E-state index is 10.7. The van der Waals surface area contributed by atoms with E-state index in [0.717, 1.165) is 12.3 Å². The quantitative estimate of drug-likeness (QED) is 0.219. The van der Waals surface area contributed by atoms with E-state index in [1.807, 2.05) is 20.8 Å². The molecule has 48 heavy (non-hydrogen) atoms. The largest absolute Gasteiger partial charge is 0.405 e. The van der Waals surface area contributed by atoms with Gasteiger partial charge in [-0.1, -0.05) is 150 Å². The number of fused-ring (bicyclic) bond motifs is 2. The highest BCUT2D eigenvalue weighted by atomic mass is 16.2. The molecule has 0 heterocycles. The summed E-state index contributed by atoms with van der Waals surface area (Å²) < 4.78 is 0. The molecular formula is C44H76N2O2. The molecule has 0 saturated carbocycles. The van der Waals surface area contributed by atoms with Gasteiger partial charge in [-0.3, -0.25) is 4.79 Å². The van der Waals surface area contributed by atoms with Gasteiger partial charge in [-0.15, -0.1) is 19.1 Å². The second-order valence-corrected chi connectivity index (χ2v) is 13.0. The van der Waals surface area contributed by atoms with Gasteiger partial charge in [0.05, 0.1) is 0 Å². The summed E-state index contributed by atoms with van der Waals surface area (Å²) in [7, 11) is 0. The van der Waals surface area contributed by atoms with E-state index >= 15 is 0 Å². The number of aliphatic hydroxyl groups excluding tert-OH is 1. The van der Waals surface area contributed by atoms with E-state index in [4.69, 9.17) is 10.8 Å². The first-order valence-electron chi connectivity index (χ1n) is 17.9. The topological polar surface area (TPSA) is 89.3 Å². The number of rotatable bonds is 5. The molecule has 2 aromatic carbocycles. The van der Waals surface area contributed by atoms with Crippen molar-refractivity contribution in [2.75, 3.05) is 6.61 Å². The van der Waals surface area contributed by atoms with Crippen molar-refractivity contribution in [2.24, 2.45) is 34.1 Å². The van der Waals surface area contributed by atoms with Gasteiger partial charge in [0.15, 0.2) is 0 Å². The lowest BCUT2D eigenvalue weighted by Gasteiger charge is -2.27. The molecule has 0 saturated heterocycles. The van der Waals surface area contributed by atoms with Crippen molar-refractivity contribution in [3.8, 4) is 11.8 Å². The van der Waals surface area contributed by atoms with E-state index in [1.165, 1.54) is 51.1 Å². The molecule has 0 spiro atoms. The molecule has 0 aromatic heterocycles. The molecule has 4 heteroatoms. The number of amides is 1. The van der Waals surface area contributed by atoms with Gasteiger partial charge in [-0.2, -0.15) is 0 Å². The third-order valence-corrected chi connectivity index (χ3v) is 9.26. The number of aliphatic hydroxyl groups is 1. The van der Waals surface area contributed by atoms with Crippen LogP contribution in [0.2, 0.25) is 0 Å². The van der Waals surface area contributed by atoms with E-state index < -0.39 is 0 Å². The highest BCUT2D eigenvalue weighted by Crippen LogP contribution is 2.30. The minimum atomic E-state index is -0.202. The highest BCUT2D eigenvalue weighted by molar-refractivity contribution is 5.77. The monoisotopic (exact) mass is 665 g/mol. The SMILES string of the molecule is C=C.C=CN.CC.CC#CCO.CCC(C)(C)C(C)C.CCC(C)(C)C(C)C(N)=O.c1ccc2c(c1)CCC2.c1ccc2c(c1)CCC2. The van der Waals surface area contributed by atoms with Crippen LogP contribution in [0.1, 0.15) is 131 Å². The second-order valence-electron chi connectivity index (χ2n) is 13.0. The van der Waals surface area contributed by atoms with Crippen LogP contribution in [0.5, 0.6) is 0 Å². The molecule has 1 amide bonds. The Kier molecular flexibility index (Phi) is 34.6. The molecule has 1 unspecified atom stereocenters. The number of aryl methyl sites for hydroxylation is 4. The molecule has 2 aliphatic carbocycles. The molecule has 4 rings (SSSR count). The summed E-state index contributed by atoms with van der Waals surface area (Å²) in [6.07, 6.45) is 11.4. The third kappa shape index (κ3) is 24.8. The van der Waals surface area contributed by atoms with E-state index in [1.54, 1.807) is 29.2 Å². The predicted molar refractivity (Wildman–Crippen MR) is 216 cm³/mol. The van der Waals surface area contributed by atoms with Gasteiger partial charge in [0.1, 0.15) is 6.61 Å². The van der Waals surface area contributed by atoms with Crippen LogP contribution in [0, 0.1) is 34.5 Å². The molecule has 0 fully saturated rings. The van der Waals surface area contributed by atoms with Crippen LogP contribution >= 0.6 is 0 Å². The van der Waals surface area contributed by atoms with Gasteiger partial charge >= 0.3 is 0 Å². The zero-order valence-electron chi connectivity index (χ0n) is 33.3. The zero-order chi connectivity index (χ0) is 38.2. The standard InChI is InChI=1S/2C9H10.C8H17NO.C8H18.C4H6O.C2H5N.C2H6.C2H4/c2*1-2-5-9-7-3-6-8(9)4-1;1-5-8(3,4)6(2)7(9)10;1-6-8(4,5)7(2)3;1-2-3-4-5;1-2-3;2*1-2/h2*1-2,4-5H,3,6-7H2;6H,5H2,1-4H3,(H2,9,10);7H,6H2,1-5H3;5H,4H2,1H3;2H,1,3H2;1-2H3;1-2H2. The highest BCUT2D eigenvalue weighted by Gasteiger charge is 2.27. The van der Waals surface area contributed by atoms with Crippen LogP contribution in [0.25, 0.3) is 0 Å². The van der Waals surface area contributed by atoms with Crippen molar-refractivity contribution < 1.29 is 9.90 Å². The first-order valence-corrected chi connectivity index (χ1v) is 17.9. The van der Waals surface area contributed by atoms with Crippen LogP contribution in [-0.4, -0.2) is 17.6 Å². The first-order chi connectivity index (χ1) is 22.7. The Morgan fingerprint density at radius 1 is 0.812 bits per heavy atom. The fourth-order valence-electron chi connectivity index (χ4n) is 4.21. The van der Waals surface area contributed by atoms with E-state index in [-0.39, 0.29) is 23.8 Å². The Labute approximate surface area is 298 Å². The lowest BCUT2D eigenvalue weighted by atomic mass is 9.77. The van der Waals surface area contributed by atoms with Crippen LogP contribution in [0.3, 0.4) is 0 Å². The number of primary amides is 1. The van der Waals surface area contributed by atoms with E-state index in [9.17, 15) is 4.79 Å². The third-order valence-electron chi connectivity index (χ3n) is 9.26. The van der Waals surface area contributed by atoms with Crippen LogP contribution in [-0.2, 0) is 30.5 Å². The number of benzene rings is 2. The van der Waals surface area contributed by atoms with Gasteiger partial charge in [-0.05, 0) is 90.7 Å². The van der Waals surface area contributed by atoms with Crippen molar-refractivity contribution in [2.45, 2.75) is 134 Å². The summed E-state index contributed by atoms with van der Waals surface area (Å²) >= 11 is 0. The molecule has 0 aliphatic heterocycles. The van der Waals surface area contributed by atoms with Crippen molar-refractivity contribution in [1.29, 1.82) is 0 Å². The molecule has 1 atom stereocenters. The lowest BCUT2D eigenvalue weighted by Crippen LogP contribution is -2.32. The molecule has 2 aromatic rings. The molecule has 4 nitrogen and oxygen atoms in total. The summed E-state index contributed by atoms with van der Waals surface area (Å²) in [5.41, 5.74) is 16.6. The second kappa shape index (κ2) is 32.3. The summed E-state index contributed by atoms with van der Waals surface area (Å²) in [5, 5.41) is 7.89. The molecule has 5 N–H and O–H groups in total. The maximum absolute atomic E-state index is 10.7.